The molecule has 0 atom stereocenters. The third kappa shape index (κ3) is 6.81. The van der Waals surface area contributed by atoms with Gasteiger partial charge in [0.2, 0.25) is 0 Å². The van der Waals surface area contributed by atoms with Gasteiger partial charge in [0.05, 0.1) is 0 Å². The number of phosphoric acid groups is 1. The van der Waals surface area contributed by atoms with Gasteiger partial charge in [-0.2, -0.15) is 4.57 Å². The highest BCUT2D eigenvalue weighted by Gasteiger charge is 2.33. The van der Waals surface area contributed by atoms with Gasteiger partial charge in [0, 0.05) is 0 Å². The molecule has 0 heterocycles. The normalized spacial score (nSPS) is 11.2. The van der Waals surface area contributed by atoms with Crippen LogP contribution in [-0.4, -0.2) is 15.3 Å². The Morgan fingerprint density at radius 3 is 0.915 bits per heavy atom. The number of hydrogen-bond acceptors (Lipinski definition) is 7. The monoisotopic (exact) mass is 644 g/mol. The Morgan fingerprint density at radius 2 is 0.660 bits per heavy atom. The van der Waals surface area contributed by atoms with Crippen molar-refractivity contribution in [1.29, 1.82) is 0 Å². The molecule has 0 aliphatic rings. The summed E-state index contributed by atoms with van der Waals surface area (Å²) in [5.41, 5.74) is 7.34. The van der Waals surface area contributed by atoms with E-state index in [-0.39, 0.29) is 34.5 Å². The highest BCUT2D eigenvalue weighted by Crippen LogP contribution is 2.50. The quantitative estimate of drug-likeness (QED) is 0.135. The van der Waals surface area contributed by atoms with Crippen molar-refractivity contribution in [2.24, 2.45) is 0 Å². The summed E-state index contributed by atoms with van der Waals surface area (Å²) in [6.45, 7) is 5.52. The average molecular weight is 645 g/mol. The summed E-state index contributed by atoms with van der Waals surface area (Å²) in [6, 6.07) is 36.8. The SMILES string of the molecule is Cc1c(O)cccc1-c1ccc(OP(=O)(Oc2ccc(-c3cccc(O)c3C)cc2)Oc2ccc(-c3cccc(O)c3C)cc2)cc1. The molecule has 6 aromatic rings. The van der Waals surface area contributed by atoms with Crippen LogP contribution in [0.4, 0.5) is 0 Å². The first-order valence-corrected chi connectivity index (χ1v) is 16.4. The third-order valence-electron chi connectivity index (χ3n) is 8.06. The van der Waals surface area contributed by atoms with Crippen molar-refractivity contribution in [3.05, 3.63) is 144 Å². The molecule has 0 bridgehead atoms. The molecule has 7 nitrogen and oxygen atoms in total. The summed E-state index contributed by atoms with van der Waals surface area (Å²) < 4.78 is 32.2. The fourth-order valence-electron chi connectivity index (χ4n) is 5.34. The van der Waals surface area contributed by atoms with Gasteiger partial charge in [-0.05, 0) is 125 Å². The van der Waals surface area contributed by atoms with Crippen molar-refractivity contribution in [1.82, 2.24) is 0 Å². The number of phosphoric ester groups is 1. The molecule has 0 saturated carbocycles. The molecule has 0 amide bonds. The van der Waals surface area contributed by atoms with Crippen molar-refractivity contribution >= 4 is 7.82 Å². The number of aromatic hydroxyl groups is 3. The van der Waals surface area contributed by atoms with Gasteiger partial charge < -0.3 is 28.9 Å². The maximum absolute atomic E-state index is 14.3. The Bertz CT molecular complexity index is 1850. The fourth-order valence-corrected chi connectivity index (χ4v) is 6.59. The van der Waals surface area contributed by atoms with Crippen LogP contribution in [0.3, 0.4) is 0 Å². The van der Waals surface area contributed by atoms with Crippen LogP contribution in [0, 0.1) is 20.8 Å². The number of phenolic OH excluding ortho intramolecular Hbond substituents is 3. The first-order valence-electron chi connectivity index (χ1n) is 15.0. The molecule has 0 aliphatic carbocycles. The van der Waals surface area contributed by atoms with Crippen molar-refractivity contribution in [2.45, 2.75) is 20.8 Å². The number of hydrogen-bond donors (Lipinski definition) is 3. The Labute approximate surface area is 273 Å². The van der Waals surface area contributed by atoms with E-state index in [2.05, 4.69) is 0 Å². The molecule has 0 spiro atoms. The van der Waals surface area contributed by atoms with Crippen LogP contribution in [0.2, 0.25) is 0 Å². The second-order valence-corrected chi connectivity index (χ2v) is 12.6. The minimum Gasteiger partial charge on any atom is -0.508 e. The summed E-state index contributed by atoms with van der Waals surface area (Å²) in [6.07, 6.45) is 0. The second-order valence-electron chi connectivity index (χ2n) is 11.1. The van der Waals surface area contributed by atoms with Crippen LogP contribution >= 0.6 is 7.82 Å². The Morgan fingerprint density at radius 1 is 0.404 bits per heavy atom. The fraction of sp³-hybridized carbons (Fsp3) is 0.0769. The van der Waals surface area contributed by atoms with Gasteiger partial charge in [-0.1, -0.05) is 72.8 Å². The second kappa shape index (κ2) is 13.0. The topological polar surface area (TPSA) is 105 Å². The molecule has 3 N–H and O–H groups in total. The van der Waals surface area contributed by atoms with Crippen LogP contribution in [0.1, 0.15) is 16.7 Å². The lowest BCUT2D eigenvalue weighted by molar-refractivity contribution is 0.298. The highest BCUT2D eigenvalue weighted by atomic mass is 31.2. The van der Waals surface area contributed by atoms with E-state index in [0.29, 0.717) is 0 Å². The minimum absolute atomic E-state index is 0.199. The van der Waals surface area contributed by atoms with Gasteiger partial charge in [-0.3, -0.25) is 0 Å². The highest BCUT2D eigenvalue weighted by molar-refractivity contribution is 7.49. The number of phenols is 3. The molecule has 236 valence electrons. The zero-order valence-corrected chi connectivity index (χ0v) is 26.9. The van der Waals surface area contributed by atoms with Crippen molar-refractivity contribution in [3.8, 4) is 67.9 Å². The molecular formula is C39H33O7P. The molecule has 0 aromatic heterocycles. The van der Waals surface area contributed by atoms with E-state index < -0.39 is 7.82 Å². The molecule has 0 unspecified atom stereocenters. The van der Waals surface area contributed by atoms with Gasteiger partial charge >= 0.3 is 7.82 Å². The molecule has 0 aliphatic heterocycles. The van der Waals surface area contributed by atoms with E-state index in [1.807, 2.05) is 39.0 Å². The van der Waals surface area contributed by atoms with Crippen LogP contribution < -0.4 is 13.6 Å². The minimum atomic E-state index is -4.32. The first-order chi connectivity index (χ1) is 22.6. The van der Waals surface area contributed by atoms with Crippen LogP contribution in [0.15, 0.2) is 127 Å². The molecule has 6 aromatic carbocycles. The standard InChI is InChI=1S/C39H33O7P/c1-25-34(7-4-10-37(25)40)28-13-19-31(20-14-28)44-47(43,45-32-21-15-29(16-22-32)35-8-5-11-38(41)26(35)2)46-33-23-17-30(18-24-33)36-9-6-12-39(42)27(36)3/h4-24,40-42H,1-3H3. The van der Waals surface area contributed by atoms with E-state index in [0.717, 1.165) is 50.1 Å². The van der Waals surface area contributed by atoms with E-state index in [1.54, 1.807) is 109 Å². The smallest absolute Gasteiger partial charge is 0.508 e. The lowest BCUT2D eigenvalue weighted by atomic mass is 10.00. The van der Waals surface area contributed by atoms with E-state index in [9.17, 15) is 19.9 Å². The van der Waals surface area contributed by atoms with Crippen molar-refractivity contribution in [3.63, 3.8) is 0 Å². The van der Waals surface area contributed by atoms with Crippen molar-refractivity contribution in [2.75, 3.05) is 0 Å². The molecule has 0 saturated heterocycles. The van der Waals surface area contributed by atoms with Gasteiger partial charge in [0.25, 0.3) is 0 Å². The summed E-state index contributed by atoms with van der Waals surface area (Å²) in [5, 5.41) is 30.4. The Kier molecular flexibility index (Phi) is 8.66. The number of benzene rings is 6. The number of rotatable bonds is 9. The lowest BCUT2D eigenvalue weighted by Crippen LogP contribution is -2.07. The summed E-state index contributed by atoms with van der Waals surface area (Å²) in [7, 11) is -4.32. The molecule has 0 fully saturated rings. The Balaban J connectivity index is 1.29. The first kappa shape index (κ1) is 31.3. The molecule has 47 heavy (non-hydrogen) atoms. The zero-order chi connectivity index (χ0) is 33.1. The molecule has 8 heteroatoms. The van der Waals surface area contributed by atoms with Gasteiger partial charge in [-0.15, -0.1) is 0 Å². The predicted molar refractivity (Wildman–Crippen MR) is 184 cm³/mol. The van der Waals surface area contributed by atoms with Crippen LogP contribution in [0.25, 0.3) is 33.4 Å². The summed E-state index contributed by atoms with van der Waals surface area (Å²) >= 11 is 0. The maximum Gasteiger partial charge on any atom is 0.647 e. The van der Waals surface area contributed by atoms with Crippen molar-refractivity contribution < 1.29 is 33.5 Å². The van der Waals surface area contributed by atoms with Gasteiger partial charge in [0.15, 0.2) is 0 Å². The van der Waals surface area contributed by atoms with E-state index >= 15 is 0 Å². The third-order valence-corrected chi connectivity index (χ3v) is 9.37. The lowest BCUT2D eigenvalue weighted by Gasteiger charge is -2.20. The zero-order valence-electron chi connectivity index (χ0n) is 26.0. The van der Waals surface area contributed by atoms with Crippen LogP contribution in [0.5, 0.6) is 34.5 Å². The van der Waals surface area contributed by atoms with Gasteiger partial charge in [0.1, 0.15) is 34.5 Å². The van der Waals surface area contributed by atoms with E-state index in [4.69, 9.17) is 13.6 Å². The predicted octanol–water partition coefficient (Wildman–Crippen LogP) is 10.4. The molecule has 6 rings (SSSR count). The summed E-state index contributed by atoms with van der Waals surface area (Å²) in [4.78, 5) is 0. The largest absolute Gasteiger partial charge is 0.647 e. The maximum atomic E-state index is 14.3. The molecular weight excluding hydrogens is 611 g/mol. The van der Waals surface area contributed by atoms with Gasteiger partial charge in [-0.25, -0.2) is 0 Å². The molecule has 0 radical (unpaired) electrons. The van der Waals surface area contributed by atoms with E-state index in [1.165, 1.54) is 0 Å². The summed E-state index contributed by atoms with van der Waals surface area (Å²) in [5.74, 6) is 1.37. The average Bonchev–Trinajstić information content (AvgIpc) is 3.06. The Hall–Kier alpha value is -5.65. The van der Waals surface area contributed by atoms with Crippen LogP contribution in [-0.2, 0) is 4.57 Å².